The molecule has 1 saturated heterocycles. The van der Waals surface area contributed by atoms with Crippen LogP contribution in [0.2, 0.25) is 0 Å². The molecule has 0 aliphatic carbocycles. The molecule has 1 amide bonds. The summed E-state index contributed by atoms with van der Waals surface area (Å²) in [6.45, 7) is 8.74. The van der Waals surface area contributed by atoms with Crippen LogP contribution in [0.25, 0.3) is 0 Å². The third kappa shape index (κ3) is 6.14. The van der Waals surface area contributed by atoms with E-state index in [0.717, 1.165) is 25.8 Å². The summed E-state index contributed by atoms with van der Waals surface area (Å²) in [7, 11) is -3.70. The quantitative estimate of drug-likeness (QED) is 0.721. The van der Waals surface area contributed by atoms with Crippen LogP contribution in [0.3, 0.4) is 0 Å². The van der Waals surface area contributed by atoms with Gasteiger partial charge in [-0.15, -0.1) is 0 Å². The van der Waals surface area contributed by atoms with E-state index in [4.69, 9.17) is 0 Å². The molecule has 0 aromatic heterocycles. The summed E-state index contributed by atoms with van der Waals surface area (Å²) < 4.78 is 27.2. The topological polar surface area (TPSA) is 83.5 Å². The summed E-state index contributed by atoms with van der Waals surface area (Å²) in [5, 5.41) is 0. The number of carbonyl (C=O) groups is 2. The molecule has 1 fully saturated rings. The van der Waals surface area contributed by atoms with Gasteiger partial charge in [0.15, 0.2) is 5.78 Å². The number of Topliss-reactive ketones (excluding diaryl/α,β-unsaturated/α-hetero) is 1. The maximum atomic E-state index is 12.5. The van der Waals surface area contributed by atoms with Crippen LogP contribution >= 0.6 is 0 Å². The van der Waals surface area contributed by atoms with Crippen molar-refractivity contribution in [3.8, 4) is 0 Å². The van der Waals surface area contributed by atoms with E-state index in [-0.39, 0.29) is 41.0 Å². The van der Waals surface area contributed by atoms with E-state index in [0.29, 0.717) is 5.56 Å². The van der Waals surface area contributed by atoms with Gasteiger partial charge in [0.1, 0.15) is 0 Å². The molecule has 1 aromatic rings. The third-order valence-electron chi connectivity index (χ3n) is 4.75. The number of carbonyl (C=O) groups excluding carboxylic acids is 2. The number of benzene rings is 1. The molecular formula is C20H30N2O4S. The predicted octanol–water partition coefficient (Wildman–Crippen LogP) is 2.98. The van der Waals surface area contributed by atoms with Gasteiger partial charge in [-0.25, -0.2) is 13.1 Å². The molecule has 1 aromatic carbocycles. The second kappa shape index (κ2) is 8.52. The third-order valence-corrected chi connectivity index (χ3v) is 6.22. The Kier molecular flexibility index (Phi) is 6.81. The standard InChI is InChI=1S/C20H30N2O4S/c1-15(23)16-7-9-18(10-8-16)27(25,26)21-12-11-19(24)22-13-5-6-17(22)14-20(2,3)4/h7-10,17,21H,5-6,11-14H2,1-4H3. The van der Waals surface area contributed by atoms with Gasteiger partial charge in [-0.2, -0.15) is 0 Å². The van der Waals surface area contributed by atoms with E-state index in [2.05, 4.69) is 25.5 Å². The Bertz CT molecular complexity index is 779. The first-order valence-corrected chi connectivity index (χ1v) is 10.9. The van der Waals surface area contributed by atoms with Crippen molar-refractivity contribution < 1.29 is 18.0 Å². The summed E-state index contributed by atoms with van der Waals surface area (Å²) in [6.07, 6.45) is 3.11. The number of hydrogen-bond acceptors (Lipinski definition) is 4. The largest absolute Gasteiger partial charge is 0.340 e. The zero-order valence-electron chi connectivity index (χ0n) is 16.6. The van der Waals surface area contributed by atoms with Gasteiger partial charge in [0.05, 0.1) is 4.90 Å². The van der Waals surface area contributed by atoms with E-state index in [1.54, 1.807) is 0 Å². The van der Waals surface area contributed by atoms with Crippen molar-refractivity contribution in [2.24, 2.45) is 5.41 Å². The van der Waals surface area contributed by atoms with Gasteiger partial charge in [0.25, 0.3) is 0 Å². The van der Waals surface area contributed by atoms with Crippen molar-refractivity contribution in [3.63, 3.8) is 0 Å². The van der Waals surface area contributed by atoms with E-state index in [1.165, 1.54) is 31.2 Å². The van der Waals surface area contributed by atoms with Crippen molar-refractivity contribution in [1.82, 2.24) is 9.62 Å². The molecule has 6 nitrogen and oxygen atoms in total. The molecule has 0 spiro atoms. The number of nitrogens with one attached hydrogen (secondary N) is 1. The van der Waals surface area contributed by atoms with E-state index < -0.39 is 10.0 Å². The van der Waals surface area contributed by atoms with Gasteiger partial charge in [-0.05, 0) is 43.7 Å². The van der Waals surface area contributed by atoms with Crippen molar-refractivity contribution >= 4 is 21.7 Å². The maximum Gasteiger partial charge on any atom is 0.240 e. The molecule has 27 heavy (non-hydrogen) atoms. The lowest BCUT2D eigenvalue weighted by molar-refractivity contribution is -0.132. The highest BCUT2D eigenvalue weighted by atomic mass is 32.2. The van der Waals surface area contributed by atoms with Crippen LogP contribution in [-0.2, 0) is 14.8 Å². The lowest BCUT2D eigenvalue weighted by atomic mass is 9.87. The van der Waals surface area contributed by atoms with Gasteiger partial charge in [-0.1, -0.05) is 32.9 Å². The van der Waals surface area contributed by atoms with Crippen LogP contribution in [0.1, 0.15) is 63.7 Å². The molecule has 1 aliphatic rings. The molecule has 7 heteroatoms. The number of amides is 1. The number of nitrogens with zero attached hydrogens (tertiary/aromatic N) is 1. The Labute approximate surface area is 162 Å². The van der Waals surface area contributed by atoms with Crippen molar-refractivity contribution in [3.05, 3.63) is 29.8 Å². The van der Waals surface area contributed by atoms with Crippen molar-refractivity contribution in [2.75, 3.05) is 13.1 Å². The van der Waals surface area contributed by atoms with Crippen LogP contribution in [0.4, 0.5) is 0 Å². The van der Waals surface area contributed by atoms with Crippen LogP contribution < -0.4 is 4.72 Å². The van der Waals surface area contributed by atoms with Gasteiger partial charge in [0.2, 0.25) is 15.9 Å². The summed E-state index contributed by atoms with van der Waals surface area (Å²) in [6, 6.07) is 6.03. The van der Waals surface area contributed by atoms with E-state index in [9.17, 15) is 18.0 Å². The minimum atomic E-state index is -3.70. The fraction of sp³-hybridized carbons (Fsp3) is 0.600. The Morgan fingerprint density at radius 1 is 1.19 bits per heavy atom. The van der Waals surface area contributed by atoms with E-state index in [1.807, 2.05) is 4.90 Å². The summed E-state index contributed by atoms with van der Waals surface area (Å²) in [5.74, 6) is -0.121. The van der Waals surface area contributed by atoms with Crippen molar-refractivity contribution in [2.45, 2.75) is 64.3 Å². The van der Waals surface area contributed by atoms with Gasteiger partial charge in [0, 0.05) is 31.1 Å². The van der Waals surface area contributed by atoms with Gasteiger partial charge >= 0.3 is 0 Å². The molecule has 0 radical (unpaired) electrons. The zero-order valence-corrected chi connectivity index (χ0v) is 17.4. The lowest BCUT2D eigenvalue weighted by Gasteiger charge is -2.30. The molecule has 1 N–H and O–H groups in total. The molecule has 0 bridgehead atoms. The molecule has 150 valence electrons. The average Bonchev–Trinajstić information content (AvgIpc) is 3.00. The fourth-order valence-electron chi connectivity index (χ4n) is 3.47. The Balaban J connectivity index is 1.90. The average molecular weight is 395 g/mol. The maximum absolute atomic E-state index is 12.5. The summed E-state index contributed by atoms with van der Waals surface area (Å²) in [4.78, 5) is 25.8. The first-order valence-electron chi connectivity index (χ1n) is 9.40. The first kappa shape index (κ1) is 21.6. The molecular weight excluding hydrogens is 364 g/mol. The summed E-state index contributed by atoms with van der Waals surface area (Å²) in [5.41, 5.74) is 0.615. The molecule has 1 heterocycles. The highest BCUT2D eigenvalue weighted by Crippen LogP contribution is 2.30. The molecule has 1 aliphatic heterocycles. The number of sulfonamides is 1. The van der Waals surface area contributed by atoms with Crippen LogP contribution in [0.15, 0.2) is 29.2 Å². The molecule has 0 saturated carbocycles. The van der Waals surface area contributed by atoms with Gasteiger partial charge in [-0.3, -0.25) is 9.59 Å². The minimum absolute atomic E-state index is 0.00335. The second-order valence-electron chi connectivity index (χ2n) is 8.38. The molecule has 1 atom stereocenters. The van der Waals surface area contributed by atoms with Crippen LogP contribution in [-0.4, -0.2) is 44.1 Å². The monoisotopic (exact) mass is 394 g/mol. The smallest absolute Gasteiger partial charge is 0.240 e. The van der Waals surface area contributed by atoms with Crippen LogP contribution in [0, 0.1) is 5.41 Å². The number of ketones is 1. The Morgan fingerprint density at radius 3 is 2.37 bits per heavy atom. The summed E-state index contributed by atoms with van der Waals surface area (Å²) >= 11 is 0. The highest BCUT2D eigenvalue weighted by Gasteiger charge is 2.31. The Morgan fingerprint density at radius 2 is 1.81 bits per heavy atom. The van der Waals surface area contributed by atoms with Crippen molar-refractivity contribution in [1.29, 1.82) is 0 Å². The molecule has 2 rings (SSSR count). The predicted molar refractivity (Wildman–Crippen MR) is 105 cm³/mol. The highest BCUT2D eigenvalue weighted by molar-refractivity contribution is 7.89. The molecule has 1 unspecified atom stereocenters. The van der Waals surface area contributed by atoms with Gasteiger partial charge < -0.3 is 4.90 Å². The van der Waals surface area contributed by atoms with Crippen LogP contribution in [0.5, 0.6) is 0 Å². The first-order chi connectivity index (χ1) is 12.5. The zero-order chi connectivity index (χ0) is 20.2. The normalized spacial score (nSPS) is 17.9. The SMILES string of the molecule is CC(=O)c1ccc(S(=O)(=O)NCCC(=O)N2CCCC2CC(C)(C)C)cc1. The lowest BCUT2D eigenvalue weighted by Crippen LogP contribution is -2.39. The van der Waals surface area contributed by atoms with E-state index >= 15 is 0 Å². The number of rotatable bonds is 7. The Hall–Kier alpha value is -1.73. The fourth-order valence-corrected chi connectivity index (χ4v) is 4.50. The number of hydrogen-bond donors (Lipinski definition) is 1. The minimum Gasteiger partial charge on any atom is -0.340 e. The number of likely N-dealkylation sites (tertiary alicyclic amines) is 1. The second-order valence-corrected chi connectivity index (χ2v) is 10.1.